The third-order valence-electron chi connectivity index (χ3n) is 3.04. The van der Waals surface area contributed by atoms with Gasteiger partial charge in [0.1, 0.15) is 0 Å². The summed E-state index contributed by atoms with van der Waals surface area (Å²) >= 11 is 0. The number of carboxylic acids is 1. The fraction of sp³-hybridized carbons (Fsp3) is 0.308. The molecule has 1 aromatic carbocycles. The highest BCUT2D eigenvalue weighted by Crippen LogP contribution is 2.28. The fourth-order valence-corrected chi connectivity index (χ4v) is 2.08. The first-order valence-electron chi connectivity index (χ1n) is 5.77. The van der Waals surface area contributed by atoms with Crippen LogP contribution in [0, 0.1) is 5.92 Å². The number of rotatable bonds is 3. The van der Waals surface area contributed by atoms with E-state index in [0.29, 0.717) is 12.1 Å². The maximum Gasteiger partial charge on any atom is 0.337 e. The zero-order valence-corrected chi connectivity index (χ0v) is 10.3. The van der Waals surface area contributed by atoms with Gasteiger partial charge in [-0.15, -0.1) is 0 Å². The van der Waals surface area contributed by atoms with E-state index < -0.39 is 5.97 Å². The van der Waals surface area contributed by atoms with E-state index in [4.69, 9.17) is 5.11 Å². The lowest BCUT2D eigenvalue weighted by molar-refractivity contribution is -0.119. The minimum absolute atomic E-state index is 0.0825. The number of carboxylic acid groups (broad SMARTS) is 1. The third-order valence-corrected chi connectivity index (χ3v) is 3.04. The normalized spacial score (nSPS) is 19.0. The van der Waals surface area contributed by atoms with Gasteiger partial charge in [-0.2, -0.15) is 10.1 Å². The van der Waals surface area contributed by atoms with Gasteiger partial charge in [0.25, 0.3) is 5.91 Å². The molecule has 1 aliphatic rings. The van der Waals surface area contributed by atoms with Crippen molar-refractivity contribution in [3.05, 3.63) is 29.8 Å². The average molecular weight is 246 g/mol. The largest absolute Gasteiger partial charge is 0.478 e. The first-order chi connectivity index (χ1) is 8.56. The Kier molecular flexibility index (Phi) is 3.14. The molecule has 0 fully saturated rings. The highest BCUT2D eigenvalue weighted by molar-refractivity contribution is 6.16. The zero-order valence-electron chi connectivity index (χ0n) is 10.3. The Labute approximate surface area is 105 Å². The van der Waals surface area contributed by atoms with Crippen molar-refractivity contribution in [3.63, 3.8) is 0 Å². The molecule has 1 unspecified atom stereocenters. The molecule has 0 bridgehead atoms. The number of hydrogen-bond donors (Lipinski definition) is 1. The van der Waals surface area contributed by atoms with Gasteiger partial charge in [0.2, 0.25) is 0 Å². The molecule has 2 rings (SSSR count). The summed E-state index contributed by atoms with van der Waals surface area (Å²) in [5, 5.41) is 14.5. The summed E-state index contributed by atoms with van der Waals surface area (Å²) in [6.07, 6.45) is 0.667. The predicted octanol–water partition coefficient (Wildman–Crippen LogP) is 2.13. The van der Waals surface area contributed by atoms with Gasteiger partial charge in [-0.3, -0.25) is 4.79 Å². The third kappa shape index (κ3) is 1.88. The number of aromatic carboxylic acids is 1. The Morgan fingerprint density at radius 2 is 2.11 bits per heavy atom. The summed E-state index contributed by atoms with van der Waals surface area (Å²) in [4.78, 5) is 23.3. The molecule has 5 heteroatoms. The zero-order chi connectivity index (χ0) is 13.3. The monoisotopic (exact) mass is 246 g/mol. The molecule has 5 nitrogen and oxygen atoms in total. The highest BCUT2D eigenvalue weighted by atomic mass is 16.4. The van der Waals surface area contributed by atoms with Crippen LogP contribution in [0.2, 0.25) is 0 Å². The number of para-hydroxylation sites is 1. The number of nitrogens with zero attached hydrogens (tertiary/aromatic N) is 2. The summed E-state index contributed by atoms with van der Waals surface area (Å²) in [6, 6.07) is 6.38. The standard InChI is InChI=1S/C13H14N2O3/c1-3-9-8(2)14-15(12(9)16)11-7-5-4-6-10(11)13(17)18/h4-7,9H,3H2,1-2H3,(H,17,18). The smallest absolute Gasteiger partial charge is 0.337 e. The molecule has 1 aliphatic heterocycles. The molecular formula is C13H14N2O3. The van der Waals surface area contributed by atoms with E-state index in [1.807, 2.05) is 6.92 Å². The molecular weight excluding hydrogens is 232 g/mol. The molecule has 1 aromatic rings. The molecule has 0 radical (unpaired) electrons. The number of carbonyl (C=O) groups excluding carboxylic acids is 1. The van der Waals surface area contributed by atoms with Gasteiger partial charge < -0.3 is 5.11 Å². The van der Waals surface area contributed by atoms with Gasteiger partial charge in [0.05, 0.1) is 17.2 Å². The molecule has 1 amide bonds. The van der Waals surface area contributed by atoms with Gasteiger partial charge in [-0.1, -0.05) is 19.1 Å². The van der Waals surface area contributed by atoms with E-state index in [9.17, 15) is 9.59 Å². The topological polar surface area (TPSA) is 70.0 Å². The van der Waals surface area contributed by atoms with Crippen molar-refractivity contribution in [1.82, 2.24) is 0 Å². The number of anilines is 1. The van der Waals surface area contributed by atoms with Crippen molar-refractivity contribution in [2.45, 2.75) is 20.3 Å². The first-order valence-corrected chi connectivity index (χ1v) is 5.77. The quantitative estimate of drug-likeness (QED) is 0.888. The van der Waals surface area contributed by atoms with Gasteiger partial charge in [-0.25, -0.2) is 4.79 Å². The van der Waals surface area contributed by atoms with Crippen LogP contribution in [0.1, 0.15) is 30.6 Å². The number of hydrogen-bond acceptors (Lipinski definition) is 3. The van der Waals surface area contributed by atoms with E-state index >= 15 is 0 Å². The molecule has 0 saturated carbocycles. The van der Waals surface area contributed by atoms with Crippen LogP contribution in [0.3, 0.4) is 0 Å². The summed E-state index contributed by atoms with van der Waals surface area (Å²) in [5.41, 5.74) is 1.13. The van der Waals surface area contributed by atoms with Crippen molar-refractivity contribution in [3.8, 4) is 0 Å². The fourth-order valence-electron chi connectivity index (χ4n) is 2.08. The van der Waals surface area contributed by atoms with Crippen LogP contribution in [-0.4, -0.2) is 22.7 Å². The van der Waals surface area contributed by atoms with Crippen molar-refractivity contribution < 1.29 is 14.7 Å². The van der Waals surface area contributed by atoms with Crippen LogP contribution in [0.15, 0.2) is 29.4 Å². The lowest BCUT2D eigenvalue weighted by Crippen LogP contribution is -2.27. The van der Waals surface area contributed by atoms with Crippen LogP contribution in [-0.2, 0) is 4.79 Å². The first kappa shape index (κ1) is 12.3. The van der Waals surface area contributed by atoms with E-state index in [1.54, 1.807) is 25.1 Å². The predicted molar refractivity (Wildman–Crippen MR) is 67.8 cm³/mol. The average Bonchev–Trinajstić information content (AvgIpc) is 2.64. The van der Waals surface area contributed by atoms with Crippen LogP contribution >= 0.6 is 0 Å². The number of carbonyl (C=O) groups is 2. The second-order valence-corrected chi connectivity index (χ2v) is 4.17. The molecule has 1 N–H and O–H groups in total. The molecule has 0 saturated heterocycles. The number of amides is 1. The summed E-state index contributed by atoms with van der Waals surface area (Å²) < 4.78 is 0. The Morgan fingerprint density at radius 1 is 1.44 bits per heavy atom. The molecule has 0 aliphatic carbocycles. The number of hydrazone groups is 1. The molecule has 0 aromatic heterocycles. The van der Waals surface area contributed by atoms with E-state index in [2.05, 4.69) is 5.10 Å². The van der Waals surface area contributed by atoms with Crippen molar-refractivity contribution >= 4 is 23.3 Å². The lowest BCUT2D eigenvalue weighted by Gasteiger charge is -2.15. The van der Waals surface area contributed by atoms with Gasteiger partial charge in [-0.05, 0) is 25.5 Å². The van der Waals surface area contributed by atoms with Crippen LogP contribution in [0.25, 0.3) is 0 Å². The lowest BCUT2D eigenvalue weighted by atomic mass is 10.0. The maximum absolute atomic E-state index is 12.1. The molecule has 94 valence electrons. The number of benzene rings is 1. The summed E-state index contributed by atoms with van der Waals surface area (Å²) in [6.45, 7) is 3.70. The van der Waals surface area contributed by atoms with Crippen LogP contribution < -0.4 is 5.01 Å². The maximum atomic E-state index is 12.1. The van der Waals surface area contributed by atoms with Crippen molar-refractivity contribution in [1.29, 1.82) is 0 Å². The minimum Gasteiger partial charge on any atom is -0.478 e. The van der Waals surface area contributed by atoms with E-state index in [0.717, 1.165) is 5.71 Å². The Bertz CT molecular complexity index is 537. The summed E-state index contributed by atoms with van der Waals surface area (Å²) in [5.74, 6) is -1.47. The van der Waals surface area contributed by atoms with Gasteiger partial charge in [0, 0.05) is 5.71 Å². The minimum atomic E-state index is -1.06. The Balaban J connectivity index is 2.46. The van der Waals surface area contributed by atoms with Gasteiger partial charge >= 0.3 is 5.97 Å². The molecule has 0 spiro atoms. The van der Waals surface area contributed by atoms with Crippen molar-refractivity contribution in [2.75, 3.05) is 5.01 Å². The highest BCUT2D eigenvalue weighted by Gasteiger charge is 2.34. The molecule has 1 atom stereocenters. The van der Waals surface area contributed by atoms with Crippen molar-refractivity contribution in [2.24, 2.45) is 11.0 Å². The Hall–Kier alpha value is -2.17. The molecule has 18 heavy (non-hydrogen) atoms. The Morgan fingerprint density at radius 3 is 2.67 bits per heavy atom. The van der Waals surface area contributed by atoms with E-state index in [1.165, 1.54) is 11.1 Å². The summed E-state index contributed by atoms with van der Waals surface area (Å²) in [7, 11) is 0. The molecule has 1 heterocycles. The van der Waals surface area contributed by atoms with E-state index in [-0.39, 0.29) is 17.4 Å². The second-order valence-electron chi connectivity index (χ2n) is 4.17. The van der Waals surface area contributed by atoms with Gasteiger partial charge in [0.15, 0.2) is 0 Å². The second kappa shape index (κ2) is 4.60. The van der Waals surface area contributed by atoms with Crippen LogP contribution in [0.4, 0.5) is 5.69 Å². The SMILES string of the molecule is CCC1C(=O)N(c2ccccc2C(=O)O)N=C1C. The van der Waals surface area contributed by atoms with Crippen LogP contribution in [0.5, 0.6) is 0 Å².